The molecule has 1 aliphatic rings. The van der Waals surface area contributed by atoms with Crippen molar-refractivity contribution >= 4 is 33.3 Å². The molecule has 0 saturated heterocycles. The zero-order valence-corrected chi connectivity index (χ0v) is 14.3. The molecule has 3 aromatic rings. The summed E-state index contributed by atoms with van der Waals surface area (Å²) in [5, 5.41) is 0.941. The minimum Gasteiger partial charge on any atom is -0.465 e. The van der Waals surface area contributed by atoms with Crippen LogP contribution in [0.3, 0.4) is 0 Å². The lowest BCUT2D eigenvalue weighted by molar-refractivity contribution is 0.0605. The van der Waals surface area contributed by atoms with E-state index in [1.54, 1.807) is 6.33 Å². The van der Waals surface area contributed by atoms with E-state index in [9.17, 15) is 4.79 Å². The molecule has 24 heavy (non-hydrogen) atoms. The first-order chi connectivity index (χ1) is 11.7. The predicted octanol–water partition coefficient (Wildman–Crippen LogP) is 2.39. The van der Waals surface area contributed by atoms with Crippen LogP contribution < -0.4 is 4.90 Å². The van der Waals surface area contributed by atoms with Crippen molar-refractivity contribution in [1.82, 2.24) is 19.5 Å². The van der Waals surface area contributed by atoms with Crippen LogP contribution in [-0.2, 0) is 17.8 Å². The topological polar surface area (TPSA) is 73.1 Å². The van der Waals surface area contributed by atoms with E-state index in [0.717, 1.165) is 47.7 Å². The number of ether oxygens (including phenoxy) is 1. The van der Waals surface area contributed by atoms with Gasteiger partial charge in [-0.05, 0) is 18.9 Å². The van der Waals surface area contributed by atoms with E-state index < -0.39 is 0 Å². The zero-order valence-electron chi connectivity index (χ0n) is 13.5. The Bertz CT molecular complexity index is 916. The molecule has 4 rings (SSSR count). The molecule has 124 valence electrons. The molecule has 0 unspecified atom stereocenters. The third-order valence-corrected chi connectivity index (χ3v) is 5.54. The number of esters is 1. The molecule has 4 heterocycles. The van der Waals surface area contributed by atoms with Crippen LogP contribution in [0.25, 0.3) is 10.2 Å². The van der Waals surface area contributed by atoms with E-state index in [0.29, 0.717) is 4.88 Å². The number of hydrogen-bond donors (Lipinski definition) is 0. The molecule has 3 aromatic heterocycles. The van der Waals surface area contributed by atoms with E-state index in [2.05, 4.69) is 24.4 Å². The number of hydrogen-bond acceptors (Lipinski definition) is 7. The fourth-order valence-corrected chi connectivity index (χ4v) is 4.21. The summed E-state index contributed by atoms with van der Waals surface area (Å²) in [6, 6.07) is 0. The summed E-state index contributed by atoms with van der Waals surface area (Å²) >= 11 is 1.36. The van der Waals surface area contributed by atoms with Gasteiger partial charge >= 0.3 is 5.97 Å². The molecule has 0 N–H and O–H groups in total. The molecular formula is C16H17N5O2S. The fraction of sp³-hybridized carbons (Fsp3) is 0.375. The number of thiophene rings is 1. The number of anilines is 1. The zero-order chi connectivity index (χ0) is 16.7. The second-order valence-corrected chi connectivity index (χ2v) is 6.78. The molecule has 0 saturated carbocycles. The number of imidazole rings is 1. The van der Waals surface area contributed by atoms with Gasteiger partial charge in [-0.3, -0.25) is 0 Å². The lowest BCUT2D eigenvalue weighted by Gasteiger charge is -2.22. The molecule has 0 aromatic carbocycles. The maximum atomic E-state index is 12.0. The smallest absolute Gasteiger partial charge is 0.348 e. The third-order valence-electron chi connectivity index (χ3n) is 4.36. The average Bonchev–Trinajstić information content (AvgIpc) is 3.12. The van der Waals surface area contributed by atoms with Gasteiger partial charge in [0.25, 0.3) is 0 Å². The highest BCUT2D eigenvalue weighted by Gasteiger charge is 2.23. The monoisotopic (exact) mass is 343 g/mol. The lowest BCUT2D eigenvalue weighted by atomic mass is 10.2. The van der Waals surface area contributed by atoms with Gasteiger partial charge in [-0.25, -0.2) is 19.7 Å². The first kappa shape index (κ1) is 15.1. The normalized spacial score (nSPS) is 14.5. The van der Waals surface area contributed by atoms with Gasteiger partial charge in [0.05, 0.1) is 31.1 Å². The maximum absolute atomic E-state index is 12.0. The quantitative estimate of drug-likeness (QED) is 0.665. The van der Waals surface area contributed by atoms with E-state index in [1.807, 2.05) is 19.4 Å². The van der Waals surface area contributed by atoms with Crippen molar-refractivity contribution in [1.29, 1.82) is 0 Å². The van der Waals surface area contributed by atoms with Crippen molar-refractivity contribution in [3.8, 4) is 0 Å². The van der Waals surface area contributed by atoms with Gasteiger partial charge in [0.1, 0.15) is 21.9 Å². The Balaban J connectivity index is 1.82. The number of aryl methyl sites for hydroxylation is 2. The molecule has 7 nitrogen and oxygen atoms in total. The summed E-state index contributed by atoms with van der Waals surface area (Å²) < 4.78 is 7.07. The Morgan fingerprint density at radius 2 is 2.21 bits per heavy atom. The number of rotatable bonds is 2. The summed E-state index contributed by atoms with van der Waals surface area (Å²) in [6.07, 6.45) is 6.36. The van der Waals surface area contributed by atoms with E-state index in [4.69, 9.17) is 4.74 Å². The van der Waals surface area contributed by atoms with Gasteiger partial charge in [-0.2, -0.15) is 0 Å². The van der Waals surface area contributed by atoms with Gasteiger partial charge in [-0.15, -0.1) is 11.3 Å². The standard InChI is InChI=1S/C16H17N5O2S/c1-10-12-14(18-8-19-15(12)24-13(10)16(22)23-2)20-4-3-5-21-9-17-6-11(21)7-20/h6,8-9H,3-5,7H2,1-2H3. The Morgan fingerprint density at radius 1 is 1.33 bits per heavy atom. The van der Waals surface area contributed by atoms with Crippen molar-refractivity contribution in [2.24, 2.45) is 0 Å². The Morgan fingerprint density at radius 3 is 3.04 bits per heavy atom. The minimum atomic E-state index is -0.324. The highest BCUT2D eigenvalue weighted by atomic mass is 32.1. The summed E-state index contributed by atoms with van der Waals surface area (Å²) in [4.78, 5) is 28.8. The number of fused-ring (bicyclic) bond motifs is 2. The van der Waals surface area contributed by atoms with Crippen molar-refractivity contribution in [3.63, 3.8) is 0 Å². The first-order valence-electron chi connectivity index (χ1n) is 7.75. The Labute approximate surface area is 142 Å². The molecule has 0 spiro atoms. The third kappa shape index (κ3) is 2.34. The highest BCUT2D eigenvalue weighted by Crippen LogP contribution is 2.36. The van der Waals surface area contributed by atoms with E-state index in [-0.39, 0.29) is 5.97 Å². The van der Waals surface area contributed by atoms with Crippen LogP contribution in [0, 0.1) is 6.92 Å². The van der Waals surface area contributed by atoms with Crippen molar-refractivity contribution in [2.45, 2.75) is 26.4 Å². The second kappa shape index (κ2) is 5.86. The molecular weight excluding hydrogens is 326 g/mol. The average molecular weight is 343 g/mol. The number of methoxy groups -OCH3 is 1. The maximum Gasteiger partial charge on any atom is 0.348 e. The molecule has 8 heteroatoms. The molecule has 1 aliphatic heterocycles. The Kier molecular flexibility index (Phi) is 3.68. The summed E-state index contributed by atoms with van der Waals surface area (Å²) in [5.41, 5.74) is 2.05. The molecule has 0 bridgehead atoms. The summed E-state index contributed by atoms with van der Waals surface area (Å²) in [6.45, 7) is 4.53. The van der Waals surface area contributed by atoms with Crippen LogP contribution in [-0.4, -0.2) is 39.1 Å². The van der Waals surface area contributed by atoms with Gasteiger partial charge in [0.2, 0.25) is 0 Å². The van der Waals surface area contributed by atoms with Crippen LogP contribution in [0.5, 0.6) is 0 Å². The van der Waals surface area contributed by atoms with Crippen LogP contribution >= 0.6 is 11.3 Å². The van der Waals surface area contributed by atoms with Gasteiger partial charge in [0.15, 0.2) is 0 Å². The van der Waals surface area contributed by atoms with Gasteiger partial charge < -0.3 is 14.2 Å². The van der Waals surface area contributed by atoms with Crippen LogP contribution in [0.4, 0.5) is 5.82 Å². The summed E-state index contributed by atoms with van der Waals surface area (Å²) in [7, 11) is 1.40. The predicted molar refractivity (Wildman–Crippen MR) is 91.4 cm³/mol. The number of aromatic nitrogens is 4. The number of carbonyl (C=O) groups excluding carboxylic acids is 1. The molecule has 0 radical (unpaired) electrons. The fourth-order valence-electron chi connectivity index (χ4n) is 3.15. The van der Waals surface area contributed by atoms with Crippen LogP contribution in [0.2, 0.25) is 0 Å². The molecule has 0 fully saturated rings. The highest BCUT2D eigenvalue weighted by molar-refractivity contribution is 7.20. The Hall–Kier alpha value is -2.48. The molecule has 0 amide bonds. The summed E-state index contributed by atoms with van der Waals surface area (Å²) in [5.74, 6) is 0.550. The number of nitrogens with zero attached hydrogens (tertiary/aromatic N) is 5. The van der Waals surface area contributed by atoms with Crippen LogP contribution in [0.15, 0.2) is 18.9 Å². The largest absolute Gasteiger partial charge is 0.465 e. The van der Waals surface area contributed by atoms with E-state index in [1.165, 1.54) is 24.1 Å². The second-order valence-electron chi connectivity index (χ2n) is 5.78. The van der Waals surface area contributed by atoms with Crippen molar-refractivity contribution < 1.29 is 9.53 Å². The molecule has 0 atom stereocenters. The van der Waals surface area contributed by atoms with Crippen molar-refractivity contribution in [3.05, 3.63) is 35.0 Å². The van der Waals surface area contributed by atoms with Gasteiger partial charge in [-0.1, -0.05) is 0 Å². The van der Waals surface area contributed by atoms with Gasteiger partial charge in [0, 0.05) is 19.3 Å². The number of carbonyl (C=O) groups is 1. The van der Waals surface area contributed by atoms with E-state index >= 15 is 0 Å². The first-order valence-corrected chi connectivity index (χ1v) is 8.57. The SMILES string of the molecule is COC(=O)c1sc2ncnc(N3CCCn4cncc4C3)c2c1C. The van der Waals surface area contributed by atoms with Crippen LogP contribution in [0.1, 0.15) is 27.3 Å². The lowest BCUT2D eigenvalue weighted by Crippen LogP contribution is -2.24. The minimum absolute atomic E-state index is 0.324. The molecule has 0 aliphatic carbocycles. The van der Waals surface area contributed by atoms with Crippen molar-refractivity contribution in [2.75, 3.05) is 18.6 Å².